The summed E-state index contributed by atoms with van der Waals surface area (Å²) in [6.07, 6.45) is 0. The van der Waals surface area contributed by atoms with E-state index in [4.69, 9.17) is 10.5 Å². The van der Waals surface area contributed by atoms with Gasteiger partial charge < -0.3 is 10.5 Å². The summed E-state index contributed by atoms with van der Waals surface area (Å²) < 4.78 is 6.25. The topological polar surface area (TPSA) is 95.5 Å². The van der Waals surface area contributed by atoms with Gasteiger partial charge in [-0.15, -0.1) is 0 Å². The molecular weight excluding hydrogens is 410 g/mol. The number of benzene rings is 4. The lowest BCUT2D eigenvalue weighted by Crippen LogP contribution is -2.36. The first-order chi connectivity index (χ1) is 16.2. The minimum atomic E-state index is -0.321. The molecule has 5 rings (SSSR count). The van der Waals surface area contributed by atoms with Crippen LogP contribution in [0.15, 0.2) is 114 Å². The summed E-state index contributed by atoms with van der Waals surface area (Å²) in [6, 6.07) is 33.8. The lowest BCUT2D eigenvalue weighted by atomic mass is 9.82. The summed E-state index contributed by atoms with van der Waals surface area (Å²) in [7, 11) is 0. The predicted octanol–water partition coefficient (Wildman–Crippen LogP) is 5.03. The van der Waals surface area contributed by atoms with Crippen molar-refractivity contribution >= 4 is 22.4 Å². The molecule has 0 amide bonds. The number of para-hydroxylation sites is 1. The molecule has 0 spiro atoms. The van der Waals surface area contributed by atoms with E-state index in [1.54, 1.807) is 0 Å². The van der Waals surface area contributed by atoms with Crippen molar-refractivity contribution in [3.8, 4) is 11.8 Å². The average molecular weight is 431 g/mol. The molecule has 6 heteroatoms. The van der Waals surface area contributed by atoms with Gasteiger partial charge in [0.2, 0.25) is 11.8 Å². The number of allylic oxidation sites excluding steroid dienone is 1. The first-order valence-electron chi connectivity index (χ1n) is 10.5. The Bertz CT molecular complexity index is 1410. The largest absolute Gasteiger partial charge is 0.437 e. The molecule has 0 aliphatic carbocycles. The standard InChI is InChI=1S/C27H21N5O/c28-17-23-24(19-10-3-1-4-11-19)22-16-15-18-9-7-8-14-21(18)25(22)33-26(23)30-27(29)32-31-20-12-5-2-6-13-20/h1-16,24,31H,(H3,29,30,32). The van der Waals surface area contributed by atoms with E-state index in [2.05, 4.69) is 28.0 Å². The normalized spacial score (nSPS) is 15.4. The molecule has 0 saturated carbocycles. The summed E-state index contributed by atoms with van der Waals surface area (Å²) in [5, 5.41) is 12.1. The van der Waals surface area contributed by atoms with Crippen LogP contribution in [0, 0.1) is 11.3 Å². The van der Waals surface area contributed by atoms with Gasteiger partial charge in [-0.2, -0.15) is 10.3 Å². The highest BCUT2D eigenvalue weighted by atomic mass is 16.5. The molecule has 0 saturated heterocycles. The van der Waals surface area contributed by atoms with Crippen LogP contribution in [0.5, 0.6) is 5.75 Å². The Morgan fingerprint density at radius 2 is 1.58 bits per heavy atom. The Labute approximate surface area is 191 Å². The number of fused-ring (bicyclic) bond motifs is 3. The number of guanidine groups is 1. The lowest BCUT2D eigenvalue weighted by molar-refractivity contribution is 0.399. The minimum Gasteiger partial charge on any atom is -0.437 e. The Morgan fingerprint density at radius 1 is 0.879 bits per heavy atom. The van der Waals surface area contributed by atoms with Gasteiger partial charge in [0.25, 0.3) is 0 Å². The van der Waals surface area contributed by atoms with Gasteiger partial charge >= 0.3 is 0 Å². The van der Waals surface area contributed by atoms with Crippen LogP contribution >= 0.6 is 0 Å². The molecule has 4 N–H and O–H groups in total. The van der Waals surface area contributed by atoms with E-state index in [1.807, 2.05) is 91.0 Å². The molecule has 6 nitrogen and oxygen atoms in total. The number of rotatable bonds is 4. The number of nitrogens with zero attached hydrogens (tertiary/aromatic N) is 2. The fourth-order valence-electron chi connectivity index (χ4n) is 4.01. The molecule has 1 unspecified atom stereocenters. The van der Waals surface area contributed by atoms with Crippen LogP contribution in [0.2, 0.25) is 0 Å². The maximum Gasteiger partial charge on any atom is 0.237 e. The summed E-state index contributed by atoms with van der Waals surface area (Å²) in [4.78, 5) is 4.44. The van der Waals surface area contributed by atoms with Crippen molar-refractivity contribution in [3.05, 3.63) is 120 Å². The van der Waals surface area contributed by atoms with Crippen LogP contribution in [0.25, 0.3) is 10.8 Å². The Hall–Kier alpha value is -4.76. The molecule has 4 aromatic carbocycles. The molecule has 33 heavy (non-hydrogen) atoms. The molecule has 0 aromatic heterocycles. The zero-order valence-electron chi connectivity index (χ0n) is 17.7. The van der Waals surface area contributed by atoms with E-state index >= 15 is 0 Å². The Balaban J connectivity index is 1.60. The predicted molar refractivity (Wildman–Crippen MR) is 130 cm³/mol. The molecule has 1 heterocycles. The fraction of sp³-hybridized carbons (Fsp3) is 0.0370. The average Bonchev–Trinajstić information content (AvgIpc) is 2.87. The highest BCUT2D eigenvalue weighted by Gasteiger charge is 2.32. The van der Waals surface area contributed by atoms with Gasteiger partial charge in [-0.3, -0.25) is 10.9 Å². The number of hydrogen-bond acceptors (Lipinski definition) is 4. The first-order valence-corrected chi connectivity index (χ1v) is 10.5. The smallest absolute Gasteiger partial charge is 0.237 e. The monoisotopic (exact) mass is 431 g/mol. The van der Waals surface area contributed by atoms with Crippen LogP contribution in [0.3, 0.4) is 0 Å². The molecule has 1 aliphatic rings. The highest BCUT2D eigenvalue weighted by molar-refractivity contribution is 5.91. The number of aliphatic imine (C=N–C) groups is 1. The third-order valence-electron chi connectivity index (χ3n) is 5.52. The number of nitrogens with two attached hydrogens (primary N) is 1. The van der Waals surface area contributed by atoms with Gasteiger partial charge in [0.05, 0.1) is 11.6 Å². The van der Waals surface area contributed by atoms with Gasteiger partial charge in [-0.1, -0.05) is 84.9 Å². The van der Waals surface area contributed by atoms with Crippen molar-refractivity contribution < 1.29 is 4.74 Å². The van der Waals surface area contributed by atoms with Gasteiger partial charge in [-0.05, 0) is 23.1 Å². The van der Waals surface area contributed by atoms with E-state index in [-0.39, 0.29) is 17.8 Å². The number of nitriles is 1. The molecule has 0 bridgehead atoms. The quantitative estimate of drug-likeness (QED) is 0.239. The Morgan fingerprint density at radius 3 is 2.33 bits per heavy atom. The number of hydrogen-bond donors (Lipinski definition) is 3. The van der Waals surface area contributed by atoms with Crippen LogP contribution in [-0.2, 0) is 0 Å². The van der Waals surface area contributed by atoms with Gasteiger partial charge in [0.1, 0.15) is 17.4 Å². The zero-order chi connectivity index (χ0) is 22.6. The molecule has 160 valence electrons. The third-order valence-corrected chi connectivity index (χ3v) is 5.52. The van der Waals surface area contributed by atoms with E-state index in [9.17, 15) is 5.26 Å². The SMILES string of the molecule is N#CC1=C(/N=C(\N)NNc2ccccc2)Oc2c(ccc3ccccc23)C1c1ccccc1. The lowest BCUT2D eigenvalue weighted by Gasteiger charge is -2.27. The summed E-state index contributed by atoms with van der Waals surface area (Å²) >= 11 is 0. The van der Waals surface area contributed by atoms with Crippen molar-refractivity contribution in [1.82, 2.24) is 5.43 Å². The molecular formula is C27H21N5O. The number of anilines is 1. The highest BCUT2D eigenvalue weighted by Crippen LogP contribution is 2.46. The second-order valence-corrected chi connectivity index (χ2v) is 7.59. The number of nitrogens with one attached hydrogen (secondary N) is 2. The molecule has 0 fully saturated rings. The van der Waals surface area contributed by atoms with Crippen LogP contribution < -0.4 is 21.3 Å². The Kier molecular flexibility index (Phi) is 5.36. The zero-order valence-corrected chi connectivity index (χ0v) is 17.7. The van der Waals surface area contributed by atoms with E-state index in [0.29, 0.717) is 11.3 Å². The first kappa shape index (κ1) is 20.2. The molecule has 4 aromatic rings. The van der Waals surface area contributed by atoms with Crippen molar-refractivity contribution in [1.29, 1.82) is 5.26 Å². The van der Waals surface area contributed by atoms with Crippen molar-refractivity contribution in [2.45, 2.75) is 5.92 Å². The van der Waals surface area contributed by atoms with E-state index < -0.39 is 0 Å². The maximum absolute atomic E-state index is 10.1. The van der Waals surface area contributed by atoms with Crippen LogP contribution in [0.4, 0.5) is 5.69 Å². The van der Waals surface area contributed by atoms with Crippen molar-refractivity contribution in [3.63, 3.8) is 0 Å². The maximum atomic E-state index is 10.1. The molecule has 0 radical (unpaired) electrons. The summed E-state index contributed by atoms with van der Waals surface area (Å²) in [6.45, 7) is 0. The van der Waals surface area contributed by atoms with Gasteiger partial charge in [0, 0.05) is 10.9 Å². The van der Waals surface area contributed by atoms with Crippen LogP contribution in [-0.4, -0.2) is 5.96 Å². The minimum absolute atomic E-state index is 0.0806. The number of hydrazine groups is 1. The van der Waals surface area contributed by atoms with Gasteiger partial charge in [-0.25, -0.2) is 0 Å². The van der Waals surface area contributed by atoms with Gasteiger partial charge in [0.15, 0.2) is 0 Å². The van der Waals surface area contributed by atoms with Crippen molar-refractivity contribution in [2.75, 3.05) is 5.43 Å². The van der Waals surface area contributed by atoms with Crippen molar-refractivity contribution in [2.24, 2.45) is 10.7 Å². The second-order valence-electron chi connectivity index (χ2n) is 7.59. The number of ether oxygens (including phenoxy) is 1. The molecule has 1 atom stereocenters. The van der Waals surface area contributed by atoms with E-state index in [0.717, 1.165) is 27.6 Å². The summed E-state index contributed by atoms with van der Waals surface area (Å²) in [5.41, 5.74) is 15.1. The van der Waals surface area contributed by atoms with E-state index in [1.165, 1.54) is 0 Å². The summed E-state index contributed by atoms with van der Waals surface area (Å²) in [5.74, 6) is 0.619. The van der Waals surface area contributed by atoms with Crippen LogP contribution in [0.1, 0.15) is 17.0 Å². The molecule has 1 aliphatic heterocycles. The fourth-order valence-corrected chi connectivity index (χ4v) is 4.01. The second kappa shape index (κ2) is 8.77. The third kappa shape index (κ3) is 3.95.